The maximum atomic E-state index is 12.8. The van der Waals surface area contributed by atoms with Crippen LogP contribution in [0.3, 0.4) is 0 Å². The molecule has 3 rings (SSSR count). The number of aliphatic imine (C=N–C) groups is 1. The van der Waals surface area contributed by atoms with E-state index in [1.54, 1.807) is 36.4 Å². The number of benzene rings is 2. The minimum absolute atomic E-state index is 0.0544. The van der Waals surface area contributed by atoms with Crippen LogP contribution in [0.4, 0.5) is 5.69 Å². The Kier molecular flexibility index (Phi) is 7.09. The summed E-state index contributed by atoms with van der Waals surface area (Å²) < 4.78 is 5.44. The average Bonchev–Trinajstić information content (AvgIpc) is 3.02. The minimum Gasteiger partial charge on any atom is -0.493 e. The van der Waals surface area contributed by atoms with Crippen molar-refractivity contribution in [3.8, 4) is 5.75 Å². The summed E-state index contributed by atoms with van der Waals surface area (Å²) in [6.07, 6.45) is 1.62. The first kappa shape index (κ1) is 22.1. The van der Waals surface area contributed by atoms with Crippen LogP contribution in [0.2, 0.25) is 0 Å². The summed E-state index contributed by atoms with van der Waals surface area (Å²) in [5.41, 5.74) is 1.30. The smallest absolute Gasteiger partial charge is 0.335 e. The van der Waals surface area contributed by atoms with Crippen molar-refractivity contribution in [1.29, 1.82) is 0 Å². The predicted octanol–water partition coefficient (Wildman–Crippen LogP) is 3.86. The van der Waals surface area contributed by atoms with Crippen LogP contribution in [0.5, 0.6) is 5.75 Å². The SMILES string of the molecule is CCN1C(=O)/C(=C/c2cccc(OCCC(=O)O)c2)SC1=Nc1cccc(C(=O)O)c1. The number of aromatic carboxylic acids is 1. The molecule has 0 bridgehead atoms. The van der Waals surface area contributed by atoms with Gasteiger partial charge in [-0.15, -0.1) is 0 Å². The molecule has 0 spiro atoms. The monoisotopic (exact) mass is 440 g/mol. The van der Waals surface area contributed by atoms with Gasteiger partial charge in [0.25, 0.3) is 5.91 Å². The van der Waals surface area contributed by atoms with Crippen LogP contribution in [0.15, 0.2) is 58.4 Å². The fraction of sp³-hybridized carbons (Fsp3) is 0.182. The van der Waals surface area contributed by atoms with E-state index in [1.165, 1.54) is 28.8 Å². The van der Waals surface area contributed by atoms with E-state index in [1.807, 2.05) is 13.0 Å². The lowest BCUT2D eigenvalue weighted by molar-refractivity contribution is -0.137. The molecule has 0 saturated carbocycles. The van der Waals surface area contributed by atoms with Crippen LogP contribution in [0.25, 0.3) is 6.08 Å². The number of carboxylic acid groups (broad SMARTS) is 2. The van der Waals surface area contributed by atoms with Crippen molar-refractivity contribution in [3.63, 3.8) is 0 Å². The first-order valence-corrected chi connectivity index (χ1v) is 10.3. The Hall–Kier alpha value is -3.59. The van der Waals surface area contributed by atoms with Crippen molar-refractivity contribution in [2.75, 3.05) is 13.2 Å². The maximum Gasteiger partial charge on any atom is 0.335 e. The second kappa shape index (κ2) is 9.94. The fourth-order valence-electron chi connectivity index (χ4n) is 2.79. The fourth-order valence-corrected chi connectivity index (χ4v) is 3.85. The number of rotatable bonds is 8. The zero-order valence-electron chi connectivity index (χ0n) is 16.6. The molecule has 0 aromatic heterocycles. The number of carboxylic acids is 2. The summed E-state index contributed by atoms with van der Waals surface area (Å²) in [4.78, 5) is 41.1. The lowest BCUT2D eigenvalue weighted by atomic mass is 10.2. The predicted molar refractivity (Wildman–Crippen MR) is 118 cm³/mol. The Morgan fingerprint density at radius 2 is 1.94 bits per heavy atom. The lowest BCUT2D eigenvalue weighted by Crippen LogP contribution is -2.28. The number of hydrogen-bond donors (Lipinski definition) is 2. The van der Waals surface area contributed by atoms with E-state index < -0.39 is 11.9 Å². The number of carbonyl (C=O) groups excluding carboxylic acids is 1. The highest BCUT2D eigenvalue weighted by Crippen LogP contribution is 2.34. The molecule has 1 amide bonds. The molecule has 0 atom stereocenters. The van der Waals surface area contributed by atoms with Crippen LogP contribution in [0.1, 0.15) is 29.3 Å². The third kappa shape index (κ3) is 5.73. The first-order chi connectivity index (χ1) is 14.9. The molecule has 1 aliphatic rings. The number of aliphatic carboxylic acids is 1. The number of thioether (sulfide) groups is 1. The van der Waals surface area contributed by atoms with Gasteiger partial charge < -0.3 is 14.9 Å². The van der Waals surface area contributed by atoms with Gasteiger partial charge in [0.1, 0.15) is 5.75 Å². The number of nitrogens with zero attached hydrogens (tertiary/aromatic N) is 2. The molecule has 1 aliphatic heterocycles. The summed E-state index contributed by atoms with van der Waals surface area (Å²) in [5, 5.41) is 18.3. The zero-order chi connectivity index (χ0) is 22.4. The zero-order valence-corrected chi connectivity index (χ0v) is 17.5. The van der Waals surface area contributed by atoms with E-state index >= 15 is 0 Å². The number of carbonyl (C=O) groups is 3. The third-order valence-corrected chi connectivity index (χ3v) is 5.27. The highest BCUT2D eigenvalue weighted by molar-refractivity contribution is 8.18. The summed E-state index contributed by atoms with van der Waals surface area (Å²) in [5.74, 6) is -1.67. The molecule has 1 fully saturated rings. The maximum absolute atomic E-state index is 12.8. The third-order valence-electron chi connectivity index (χ3n) is 4.26. The molecular weight excluding hydrogens is 420 g/mol. The molecule has 8 nitrogen and oxygen atoms in total. The summed E-state index contributed by atoms with van der Waals surface area (Å²) in [7, 11) is 0. The Bertz CT molecular complexity index is 1080. The van der Waals surface area contributed by atoms with Gasteiger partial charge in [-0.25, -0.2) is 9.79 Å². The molecule has 0 unspecified atom stereocenters. The van der Waals surface area contributed by atoms with Crippen molar-refractivity contribution in [2.45, 2.75) is 13.3 Å². The number of hydrogen-bond acceptors (Lipinski definition) is 6. The Morgan fingerprint density at radius 3 is 2.65 bits per heavy atom. The molecule has 2 N–H and O–H groups in total. The molecular formula is C22H20N2O6S. The number of amidine groups is 1. The van der Waals surface area contributed by atoms with Gasteiger partial charge in [-0.1, -0.05) is 18.2 Å². The molecule has 2 aromatic carbocycles. The van der Waals surface area contributed by atoms with E-state index in [2.05, 4.69) is 4.99 Å². The highest BCUT2D eigenvalue weighted by Gasteiger charge is 2.32. The normalized spacial score (nSPS) is 16.2. The van der Waals surface area contributed by atoms with Crippen LogP contribution < -0.4 is 4.74 Å². The van der Waals surface area contributed by atoms with Gasteiger partial charge in [-0.3, -0.25) is 14.5 Å². The number of amides is 1. The number of likely N-dealkylation sites (N-methyl/N-ethyl adjacent to an activating group) is 1. The molecule has 2 aromatic rings. The van der Waals surface area contributed by atoms with Gasteiger partial charge in [0.15, 0.2) is 5.17 Å². The Morgan fingerprint density at radius 1 is 1.16 bits per heavy atom. The second-order valence-electron chi connectivity index (χ2n) is 6.47. The largest absolute Gasteiger partial charge is 0.493 e. The molecule has 0 aliphatic carbocycles. The summed E-state index contributed by atoms with van der Waals surface area (Å²) in [6.45, 7) is 2.30. The van der Waals surface area contributed by atoms with Gasteiger partial charge in [-0.2, -0.15) is 0 Å². The first-order valence-electron chi connectivity index (χ1n) is 9.45. The topological polar surface area (TPSA) is 117 Å². The van der Waals surface area contributed by atoms with Crippen LogP contribution >= 0.6 is 11.8 Å². The van der Waals surface area contributed by atoms with Crippen molar-refractivity contribution >= 4 is 46.5 Å². The van der Waals surface area contributed by atoms with Crippen molar-refractivity contribution in [3.05, 3.63) is 64.6 Å². The van der Waals surface area contributed by atoms with Crippen LogP contribution in [-0.2, 0) is 9.59 Å². The van der Waals surface area contributed by atoms with Crippen LogP contribution in [0, 0.1) is 0 Å². The van der Waals surface area contributed by atoms with Crippen molar-refractivity contribution < 1.29 is 29.3 Å². The van der Waals surface area contributed by atoms with E-state index in [9.17, 15) is 14.4 Å². The van der Waals surface area contributed by atoms with Gasteiger partial charge in [0.2, 0.25) is 0 Å². The van der Waals surface area contributed by atoms with Gasteiger partial charge in [-0.05, 0) is 60.7 Å². The van der Waals surface area contributed by atoms with Gasteiger partial charge >= 0.3 is 11.9 Å². The summed E-state index contributed by atoms with van der Waals surface area (Å²) >= 11 is 1.20. The van der Waals surface area contributed by atoms with Gasteiger partial charge in [0.05, 0.1) is 29.2 Å². The average molecular weight is 440 g/mol. The summed E-state index contributed by atoms with van der Waals surface area (Å²) in [6, 6.07) is 13.2. The Balaban J connectivity index is 1.83. The molecule has 160 valence electrons. The van der Waals surface area contributed by atoms with E-state index in [0.717, 1.165) is 5.56 Å². The van der Waals surface area contributed by atoms with Crippen molar-refractivity contribution in [1.82, 2.24) is 4.90 Å². The van der Waals surface area contributed by atoms with E-state index in [4.69, 9.17) is 14.9 Å². The number of ether oxygens (including phenoxy) is 1. The van der Waals surface area contributed by atoms with Crippen molar-refractivity contribution in [2.24, 2.45) is 4.99 Å². The molecule has 9 heteroatoms. The van der Waals surface area contributed by atoms with Gasteiger partial charge in [0, 0.05) is 6.54 Å². The molecule has 1 heterocycles. The van der Waals surface area contributed by atoms with E-state index in [-0.39, 0.29) is 24.5 Å². The molecule has 1 saturated heterocycles. The standard InChI is InChI=1S/C22H20N2O6S/c1-2-24-20(27)18(12-14-5-3-8-17(11-14)30-10-9-19(25)26)31-22(24)23-16-7-4-6-15(13-16)21(28)29/h3-8,11-13H,2,9-10H2,1H3,(H,25,26)(H,28,29)/b18-12-,23-22?. The second-order valence-corrected chi connectivity index (χ2v) is 7.48. The highest BCUT2D eigenvalue weighted by atomic mass is 32.2. The Labute approximate surface area is 182 Å². The quantitative estimate of drug-likeness (QED) is 0.599. The molecule has 31 heavy (non-hydrogen) atoms. The minimum atomic E-state index is -1.05. The van der Waals surface area contributed by atoms with E-state index in [0.29, 0.717) is 28.1 Å². The lowest BCUT2D eigenvalue weighted by Gasteiger charge is -2.12. The van der Waals surface area contributed by atoms with Crippen LogP contribution in [-0.4, -0.2) is 51.3 Å². The molecule has 0 radical (unpaired) electrons.